The van der Waals surface area contributed by atoms with Gasteiger partial charge in [-0.3, -0.25) is 4.79 Å². The second kappa shape index (κ2) is 6.83. The van der Waals surface area contributed by atoms with E-state index in [0.29, 0.717) is 24.5 Å². The molecule has 4 nitrogen and oxygen atoms in total. The van der Waals surface area contributed by atoms with Crippen LogP contribution in [0.4, 0.5) is 0 Å². The highest BCUT2D eigenvalue weighted by Gasteiger charge is 2.32. The normalized spacial score (nSPS) is 17.8. The Balaban J connectivity index is 1.96. The van der Waals surface area contributed by atoms with Crippen molar-refractivity contribution in [2.24, 2.45) is 10.4 Å². The second-order valence-corrected chi connectivity index (χ2v) is 6.59. The molecular formula is C17H20N2O2S. The number of Topliss-reactive ketones (excluding diaryl/α,β-unsaturated/α-hetero) is 1. The standard InChI is InChI=1S/C17H20N2O2S/c1-17(2)8-14(20)13(15(21)9-17)11-19-16(22)18-10-12-6-4-3-5-7-12/h3-7,11,20H,8-10H2,1-2H3,(H,18,22)/b19-11+. The maximum absolute atomic E-state index is 12.0. The van der Waals surface area contributed by atoms with Crippen LogP contribution in [0.3, 0.4) is 0 Å². The summed E-state index contributed by atoms with van der Waals surface area (Å²) in [7, 11) is 0. The first kappa shape index (κ1) is 16.4. The van der Waals surface area contributed by atoms with Gasteiger partial charge in [-0.05, 0) is 23.2 Å². The number of nitrogens with zero attached hydrogens (tertiary/aromatic N) is 1. The van der Waals surface area contributed by atoms with E-state index in [0.717, 1.165) is 5.56 Å². The van der Waals surface area contributed by atoms with Gasteiger partial charge in [0.15, 0.2) is 10.9 Å². The summed E-state index contributed by atoms with van der Waals surface area (Å²) in [4.78, 5) is 16.1. The molecule has 0 aromatic heterocycles. The number of thiocarbonyl (C=S) groups is 1. The number of ketones is 1. The molecule has 0 atom stereocenters. The number of carbonyl (C=O) groups excluding carboxylic acids is 1. The number of nitrogens with one attached hydrogen (secondary N) is 1. The lowest BCUT2D eigenvalue weighted by atomic mass is 9.77. The summed E-state index contributed by atoms with van der Waals surface area (Å²) in [5, 5.41) is 13.3. The van der Waals surface area contributed by atoms with E-state index >= 15 is 0 Å². The molecule has 0 fully saturated rings. The third kappa shape index (κ3) is 4.49. The van der Waals surface area contributed by atoms with Crippen LogP contribution in [0.15, 0.2) is 46.7 Å². The number of benzene rings is 1. The lowest BCUT2D eigenvalue weighted by Gasteiger charge is -2.28. The van der Waals surface area contributed by atoms with Crippen LogP contribution in [0.25, 0.3) is 0 Å². The number of hydrogen-bond acceptors (Lipinski definition) is 3. The molecule has 0 amide bonds. The zero-order valence-electron chi connectivity index (χ0n) is 12.8. The highest BCUT2D eigenvalue weighted by atomic mass is 32.1. The Kier molecular flexibility index (Phi) is 5.08. The summed E-state index contributed by atoms with van der Waals surface area (Å²) < 4.78 is 0. The zero-order chi connectivity index (χ0) is 16.2. The van der Waals surface area contributed by atoms with Crippen LogP contribution in [0.5, 0.6) is 0 Å². The predicted octanol–water partition coefficient (Wildman–Crippen LogP) is 3.33. The molecule has 0 heterocycles. The zero-order valence-corrected chi connectivity index (χ0v) is 13.6. The maximum Gasteiger partial charge on any atom is 0.192 e. The van der Waals surface area contributed by atoms with Crippen molar-refractivity contribution in [3.8, 4) is 0 Å². The Hall–Kier alpha value is -2.01. The molecule has 1 aromatic rings. The van der Waals surface area contributed by atoms with Gasteiger partial charge in [0.25, 0.3) is 0 Å². The molecule has 2 rings (SSSR count). The minimum atomic E-state index is -0.204. The first-order valence-corrected chi connectivity index (χ1v) is 7.59. The van der Waals surface area contributed by atoms with Crippen molar-refractivity contribution in [2.75, 3.05) is 0 Å². The lowest BCUT2D eigenvalue weighted by molar-refractivity contribution is -0.117. The van der Waals surface area contributed by atoms with Crippen LogP contribution in [0.1, 0.15) is 32.3 Å². The summed E-state index contributed by atoms with van der Waals surface area (Å²) in [6.45, 7) is 4.49. The van der Waals surface area contributed by atoms with Crippen LogP contribution in [0.2, 0.25) is 0 Å². The van der Waals surface area contributed by atoms with E-state index < -0.39 is 0 Å². The van der Waals surface area contributed by atoms with Crippen LogP contribution >= 0.6 is 12.2 Å². The first-order chi connectivity index (χ1) is 10.4. The number of aliphatic hydroxyl groups excluding tert-OH is 1. The number of aliphatic hydroxyl groups is 1. The number of allylic oxidation sites excluding steroid dienone is 2. The molecule has 0 saturated heterocycles. The molecule has 116 valence electrons. The summed E-state index contributed by atoms with van der Waals surface area (Å²) in [5.74, 6) is -0.000723. The van der Waals surface area contributed by atoms with Gasteiger partial charge in [-0.2, -0.15) is 0 Å². The van der Waals surface area contributed by atoms with E-state index in [9.17, 15) is 9.90 Å². The quantitative estimate of drug-likeness (QED) is 0.663. The maximum atomic E-state index is 12.0. The van der Waals surface area contributed by atoms with Gasteiger partial charge in [0.2, 0.25) is 0 Å². The molecule has 0 spiro atoms. The van der Waals surface area contributed by atoms with Crippen molar-refractivity contribution in [3.05, 3.63) is 47.2 Å². The molecule has 22 heavy (non-hydrogen) atoms. The van der Waals surface area contributed by atoms with E-state index in [4.69, 9.17) is 12.2 Å². The van der Waals surface area contributed by atoms with Crippen molar-refractivity contribution < 1.29 is 9.90 Å². The molecule has 1 aliphatic rings. The monoisotopic (exact) mass is 316 g/mol. The SMILES string of the molecule is CC1(C)CC(=O)C(/C=N/C(=S)NCc2ccccc2)=C(O)C1. The molecular weight excluding hydrogens is 296 g/mol. The van der Waals surface area contributed by atoms with E-state index in [-0.39, 0.29) is 22.5 Å². The highest BCUT2D eigenvalue weighted by Crippen LogP contribution is 2.35. The number of aliphatic imine (C=N–C) groups is 1. The molecule has 0 radical (unpaired) electrons. The average molecular weight is 316 g/mol. The second-order valence-electron chi connectivity index (χ2n) is 6.20. The first-order valence-electron chi connectivity index (χ1n) is 7.18. The predicted molar refractivity (Wildman–Crippen MR) is 92.0 cm³/mol. The van der Waals surface area contributed by atoms with Gasteiger partial charge in [-0.15, -0.1) is 0 Å². The van der Waals surface area contributed by atoms with Gasteiger partial charge >= 0.3 is 0 Å². The van der Waals surface area contributed by atoms with Crippen LogP contribution in [-0.2, 0) is 11.3 Å². The molecule has 0 unspecified atom stereocenters. The Morgan fingerprint density at radius 1 is 1.36 bits per heavy atom. The molecule has 0 aliphatic heterocycles. The van der Waals surface area contributed by atoms with E-state index in [2.05, 4.69) is 10.3 Å². The minimum Gasteiger partial charge on any atom is -0.511 e. The number of carbonyl (C=O) groups is 1. The molecule has 1 aromatic carbocycles. The summed E-state index contributed by atoms with van der Waals surface area (Å²) in [5.41, 5.74) is 1.16. The Labute approximate surface area is 136 Å². The van der Waals surface area contributed by atoms with Gasteiger partial charge < -0.3 is 10.4 Å². The largest absolute Gasteiger partial charge is 0.511 e. The van der Waals surface area contributed by atoms with E-state index in [1.54, 1.807) is 0 Å². The Morgan fingerprint density at radius 2 is 2.05 bits per heavy atom. The fraction of sp³-hybridized carbons (Fsp3) is 0.353. The van der Waals surface area contributed by atoms with Gasteiger partial charge in [0.05, 0.1) is 5.57 Å². The lowest BCUT2D eigenvalue weighted by Crippen LogP contribution is -2.27. The topological polar surface area (TPSA) is 61.7 Å². The van der Waals surface area contributed by atoms with Crippen LogP contribution in [0, 0.1) is 5.41 Å². The van der Waals surface area contributed by atoms with Gasteiger partial charge in [-0.25, -0.2) is 4.99 Å². The molecule has 0 saturated carbocycles. The molecule has 1 aliphatic carbocycles. The average Bonchev–Trinajstić information content (AvgIpc) is 2.44. The summed E-state index contributed by atoms with van der Waals surface area (Å²) in [6, 6.07) is 9.83. The molecule has 2 N–H and O–H groups in total. The summed E-state index contributed by atoms with van der Waals surface area (Å²) >= 11 is 5.12. The van der Waals surface area contributed by atoms with Crippen molar-refractivity contribution in [1.82, 2.24) is 5.32 Å². The van der Waals surface area contributed by atoms with Crippen molar-refractivity contribution in [2.45, 2.75) is 33.2 Å². The van der Waals surface area contributed by atoms with Crippen molar-refractivity contribution >= 4 is 29.3 Å². The number of rotatable bonds is 3. The van der Waals surface area contributed by atoms with Gasteiger partial charge in [0.1, 0.15) is 5.76 Å². The van der Waals surface area contributed by atoms with Gasteiger partial charge in [0, 0.05) is 25.6 Å². The van der Waals surface area contributed by atoms with Crippen molar-refractivity contribution in [1.29, 1.82) is 0 Å². The van der Waals surface area contributed by atoms with E-state index in [1.807, 2.05) is 44.2 Å². The molecule has 5 heteroatoms. The third-order valence-electron chi connectivity index (χ3n) is 3.49. The van der Waals surface area contributed by atoms with Crippen molar-refractivity contribution in [3.63, 3.8) is 0 Å². The van der Waals surface area contributed by atoms with E-state index in [1.165, 1.54) is 6.21 Å². The third-order valence-corrected chi connectivity index (χ3v) is 3.74. The fourth-order valence-electron chi connectivity index (χ4n) is 2.39. The number of hydrogen-bond donors (Lipinski definition) is 2. The molecule has 0 bridgehead atoms. The van der Waals surface area contributed by atoms with Crippen LogP contribution in [-0.4, -0.2) is 22.2 Å². The highest BCUT2D eigenvalue weighted by molar-refractivity contribution is 7.80. The fourth-order valence-corrected chi connectivity index (χ4v) is 2.52. The Morgan fingerprint density at radius 3 is 2.68 bits per heavy atom. The summed E-state index contributed by atoms with van der Waals surface area (Å²) in [6.07, 6.45) is 2.25. The van der Waals surface area contributed by atoms with Gasteiger partial charge in [-0.1, -0.05) is 44.2 Å². The smallest absolute Gasteiger partial charge is 0.192 e. The van der Waals surface area contributed by atoms with Crippen LogP contribution < -0.4 is 5.32 Å². The minimum absolute atomic E-state index is 0.0934. The Bertz CT molecular complexity index is 633.